The summed E-state index contributed by atoms with van der Waals surface area (Å²) in [7, 11) is 3.19. The zero-order valence-corrected chi connectivity index (χ0v) is 15.1. The lowest BCUT2D eigenvalue weighted by molar-refractivity contribution is -0.116. The number of rotatable bonds is 9. The van der Waals surface area contributed by atoms with Gasteiger partial charge in [-0.1, -0.05) is 24.3 Å². The Hall–Kier alpha value is -2.86. The van der Waals surface area contributed by atoms with Crippen molar-refractivity contribution in [2.45, 2.75) is 12.8 Å². The molecule has 2 aromatic rings. The van der Waals surface area contributed by atoms with E-state index in [-0.39, 0.29) is 11.8 Å². The maximum atomic E-state index is 12.3. The van der Waals surface area contributed by atoms with Crippen molar-refractivity contribution in [3.63, 3.8) is 0 Å². The van der Waals surface area contributed by atoms with E-state index in [0.29, 0.717) is 37.2 Å². The average Bonchev–Trinajstić information content (AvgIpc) is 2.67. The topological polar surface area (TPSA) is 76.7 Å². The number of nitrogens with one attached hydrogen (secondary N) is 2. The maximum absolute atomic E-state index is 12.3. The maximum Gasteiger partial charge on any atom is 0.253 e. The number of methoxy groups -OCH3 is 2. The van der Waals surface area contributed by atoms with Crippen LogP contribution in [0.25, 0.3) is 0 Å². The van der Waals surface area contributed by atoms with Gasteiger partial charge in [0.1, 0.15) is 5.75 Å². The molecule has 26 heavy (non-hydrogen) atoms. The lowest BCUT2D eigenvalue weighted by Gasteiger charge is -2.11. The third-order valence-electron chi connectivity index (χ3n) is 3.84. The van der Waals surface area contributed by atoms with E-state index in [1.807, 2.05) is 24.3 Å². The van der Waals surface area contributed by atoms with Crippen molar-refractivity contribution in [1.29, 1.82) is 0 Å². The van der Waals surface area contributed by atoms with E-state index in [4.69, 9.17) is 9.47 Å². The molecule has 0 fully saturated rings. The van der Waals surface area contributed by atoms with Crippen LogP contribution in [0.3, 0.4) is 0 Å². The van der Waals surface area contributed by atoms with Crippen LogP contribution in [0.2, 0.25) is 0 Å². The van der Waals surface area contributed by atoms with Crippen molar-refractivity contribution < 1.29 is 19.1 Å². The summed E-state index contributed by atoms with van der Waals surface area (Å²) in [5, 5.41) is 5.57. The Morgan fingerprint density at radius 3 is 2.42 bits per heavy atom. The van der Waals surface area contributed by atoms with Crippen LogP contribution in [0.4, 0.5) is 5.69 Å². The molecule has 0 radical (unpaired) electrons. The second kappa shape index (κ2) is 10.2. The lowest BCUT2D eigenvalue weighted by atomic mass is 10.1. The molecule has 0 aliphatic rings. The molecule has 0 saturated carbocycles. The number of benzene rings is 2. The van der Waals surface area contributed by atoms with Gasteiger partial charge in [-0.2, -0.15) is 0 Å². The number of hydrogen-bond donors (Lipinski definition) is 2. The molecule has 0 bridgehead atoms. The average molecular weight is 356 g/mol. The Kier molecular flexibility index (Phi) is 7.64. The normalized spacial score (nSPS) is 10.2. The summed E-state index contributed by atoms with van der Waals surface area (Å²) >= 11 is 0. The van der Waals surface area contributed by atoms with Crippen molar-refractivity contribution in [1.82, 2.24) is 5.32 Å². The van der Waals surface area contributed by atoms with Crippen LogP contribution in [0, 0.1) is 0 Å². The van der Waals surface area contributed by atoms with Gasteiger partial charge in [0.15, 0.2) is 0 Å². The van der Waals surface area contributed by atoms with E-state index in [1.165, 1.54) is 0 Å². The van der Waals surface area contributed by atoms with E-state index in [2.05, 4.69) is 10.6 Å². The summed E-state index contributed by atoms with van der Waals surface area (Å²) in [5.74, 6) is 0.401. The highest BCUT2D eigenvalue weighted by Gasteiger charge is 2.12. The van der Waals surface area contributed by atoms with Crippen molar-refractivity contribution in [3.05, 3.63) is 59.7 Å². The molecule has 138 valence electrons. The van der Waals surface area contributed by atoms with Gasteiger partial charge in [-0.15, -0.1) is 0 Å². The zero-order valence-electron chi connectivity index (χ0n) is 15.1. The van der Waals surface area contributed by atoms with E-state index >= 15 is 0 Å². The molecule has 0 unspecified atom stereocenters. The van der Waals surface area contributed by atoms with Crippen molar-refractivity contribution in [2.24, 2.45) is 0 Å². The Morgan fingerprint density at radius 2 is 1.73 bits per heavy atom. The van der Waals surface area contributed by atoms with Gasteiger partial charge in [-0.05, 0) is 36.2 Å². The smallest absolute Gasteiger partial charge is 0.253 e. The number of carbonyl (C=O) groups is 2. The molecule has 2 amide bonds. The van der Waals surface area contributed by atoms with Crippen molar-refractivity contribution in [3.8, 4) is 5.75 Å². The highest BCUT2D eigenvalue weighted by Crippen LogP contribution is 2.16. The van der Waals surface area contributed by atoms with Crippen LogP contribution in [0.15, 0.2) is 48.5 Å². The van der Waals surface area contributed by atoms with Crippen LogP contribution in [0.1, 0.15) is 22.3 Å². The Balaban J connectivity index is 1.92. The molecular weight excluding hydrogens is 332 g/mol. The summed E-state index contributed by atoms with van der Waals surface area (Å²) < 4.78 is 10.0. The first kappa shape index (κ1) is 19.5. The quantitative estimate of drug-likeness (QED) is 0.677. The number of ether oxygens (including phenoxy) is 2. The fraction of sp³-hybridized carbons (Fsp3) is 0.300. The summed E-state index contributed by atoms with van der Waals surface area (Å²) in [6.45, 7) is 0.844. The minimum absolute atomic E-state index is 0.141. The molecule has 0 aliphatic carbocycles. The fourth-order valence-electron chi connectivity index (χ4n) is 2.41. The third-order valence-corrected chi connectivity index (χ3v) is 3.84. The van der Waals surface area contributed by atoms with Gasteiger partial charge in [0, 0.05) is 20.1 Å². The molecule has 0 atom stereocenters. The van der Waals surface area contributed by atoms with Crippen LogP contribution in [-0.4, -0.2) is 39.2 Å². The zero-order chi connectivity index (χ0) is 18.8. The number of aryl methyl sites for hydroxylation is 1. The summed E-state index contributed by atoms with van der Waals surface area (Å²) in [5.41, 5.74) is 1.98. The van der Waals surface area contributed by atoms with Crippen LogP contribution in [-0.2, 0) is 16.0 Å². The number of carbonyl (C=O) groups excluding carboxylic acids is 2. The van der Waals surface area contributed by atoms with E-state index in [1.54, 1.807) is 38.5 Å². The Bertz CT molecular complexity index is 729. The SMILES string of the molecule is COCCNC(=O)c1ccccc1NC(=O)CCc1ccc(OC)cc1. The fourth-order valence-corrected chi connectivity index (χ4v) is 2.41. The third kappa shape index (κ3) is 5.89. The van der Waals surface area contributed by atoms with Crippen molar-refractivity contribution in [2.75, 3.05) is 32.7 Å². The molecule has 0 aromatic heterocycles. The predicted molar refractivity (Wildman–Crippen MR) is 101 cm³/mol. The second-order valence-electron chi connectivity index (χ2n) is 5.69. The first-order chi connectivity index (χ1) is 12.6. The highest BCUT2D eigenvalue weighted by molar-refractivity contribution is 6.03. The van der Waals surface area contributed by atoms with Crippen molar-refractivity contribution >= 4 is 17.5 Å². The van der Waals surface area contributed by atoms with Gasteiger partial charge in [-0.25, -0.2) is 0 Å². The second-order valence-corrected chi connectivity index (χ2v) is 5.69. The largest absolute Gasteiger partial charge is 0.497 e. The number of anilines is 1. The molecule has 2 N–H and O–H groups in total. The van der Waals surface area contributed by atoms with Gasteiger partial charge in [-0.3, -0.25) is 9.59 Å². The molecular formula is C20H24N2O4. The highest BCUT2D eigenvalue weighted by atomic mass is 16.5. The molecule has 0 heterocycles. The molecule has 0 aliphatic heterocycles. The summed E-state index contributed by atoms with van der Waals surface area (Å²) in [6, 6.07) is 14.5. The minimum Gasteiger partial charge on any atom is -0.497 e. The summed E-state index contributed by atoms with van der Waals surface area (Å²) in [4.78, 5) is 24.5. The van der Waals surface area contributed by atoms with E-state index in [0.717, 1.165) is 11.3 Å². The van der Waals surface area contributed by atoms with Gasteiger partial charge in [0.05, 0.1) is 25.0 Å². The molecule has 0 spiro atoms. The number of amides is 2. The van der Waals surface area contributed by atoms with Gasteiger partial charge >= 0.3 is 0 Å². The molecule has 6 nitrogen and oxygen atoms in total. The predicted octanol–water partition coefficient (Wildman–Crippen LogP) is 2.64. The Labute approximate surface area is 153 Å². The minimum atomic E-state index is -0.242. The van der Waals surface area contributed by atoms with E-state index in [9.17, 15) is 9.59 Å². The molecule has 2 aromatic carbocycles. The molecule has 2 rings (SSSR count). The summed E-state index contributed by atoms with van der Waals surface area (Å²) in [6.07, 6.45) is 0.935. The molecule has 6 heteroatoms. The monoisotopic (exact) mass is 356 g/mol. The van der Waals surface area contributed by atoms with Gasteiger partial charge in [0.2, 0.25) is 5.91 Å². The van der Waals surface area contributed by atoms with E-state index < -0.39 is 0 Å². The van der Waals surface area contributed by atoms with Crippen LogP contribution < -0.4 is 15.4 Å². The standard InChI is InChI=1S/C20H24N2O4/c1-25-14-13-21-20(24)17-5-3-4-6-18(17)22-19(23)12-9-15-7-10-16(26-2)11-8-15/h3-8,10-11H,9,12-14H2,1-2H3,(H,21,24)(H,22,23). The van der Waals surface area contributed by atoms with Crippen LogP contribution in [0.5, 0.6) is 5.75 Å². The van der Waals surface area contributed by atoms with Crippen LogP contribution >= 0.6 is 0 Å². The van der Waals surface area contributed by atoms with Gasteiger partial charge < -0.3 is 20.1 Å². The lowest BCUT2D eigenvalue weighted by Crippen LogP contribution is -2.28. The Morgan fingerprint density at radius 1 is 1.00 bits per heavy atom. The number of hydrogen-bond acceptors (Lipinski definition) is 4. The molecule has 0 saturated heterocycles. The number of para-hydroxylation sites is 1. The first-order valence-corrected chi connectivity index (χ1v) is 8.43. The van der Waals surface area contributed by atoms with Gasteiger partial charge in [0.25, 0.3) is 5.91 Å². The first-order valence-electron chi connectivity index (χ1n) is 8.43.